The zero-order chi connectivity index (χ0) is 69.7. The van der Waals surface area contributed by atoms with E-state index >= 15 is 0 Å². The number of allylic oxidation sites excluding steroid dienone is 20. The molecule has 0 spiro atoms. The van der Waals surface area contributed by atoms with Gasteiger partial charge in [0.25, 0.3) is 0 Å². The fourth-order valence-electron chi connectivity index (χ4n) is 11.4. The molecule has 1 N–H and O–H groups in total. The molecule has 0 aromatic carbocycles. The van der Waals surface area contributed by atoms with Crippen LogP contribution in [0.25, 0.3) is 0 Å². The first-order valence-electron chi connectivity index (χ1n) is 40.3. The van der Waals surface area contributed by atoms with Crippen molar-refractivity contribution in [3.8, 4) is 0 Å². The normalized spacial score (nSPS) is 13.7. The molecule has 0 aliphatic carbocycles. The number of carbonyl (C=O) groups is 2. The van der Waals surface area contributed by atoms with Gasteiger partial charge in [-0.1, -0.05) is 367 Å². The lowest BCUT2D eigenvalue weighted by Gasteiger charge is -2.24. The third-order valence-electron chi connectivity index (χ3n) is 17.5. The van der Waals surface area contributed by atoms with E-state index < -0.39 is 26.5 Å². The van der Waals surface area contributed by atoms with Crippen molar-refractivity contribution in [3.63, 3.8) is 0 Å². The molecule has 0 saturated heterocycles. The van der Waals surface area contributed by atoms with Crippen LogP contribution in [0.1, 0.15) is 361 Å². The zero-order valence-corrected chi connectivity index (χ0v) is 64.2. The molecule has 0 aromatic rings. The first kappa shape index (κ1) is 92.4. The van der Waals surface area contributed by atoms with E-state index in [4.69, 9.17) is 18.5 Å². The molecule has 0 amide bonds. The largest absolute Gasteiger partial charge is 0.472 e. The Hall–Kier alpha value is -3.59. The summed E-state index contributed by atoms with van der Waals surface area (Å²) in [5.41, 5.74) is 0. The van der Waals surface area contributed by atoms with Crippen LogP contribution in [0.2, 0.25) is 0 Å². The van der Waals surface area contributed by atoms with Gasteiger partial charge in [-0.3, -0.25) is 18.6 Å². The lowest BCUT2D eigenvalue weighted by molar-refractivity contribution is -0.870. The summed E-state index contributed by atoms with van der Waals surface area (Å²) < 4.78 is 34.8. The van der Waals surface area contributed by atoms with Crippen molar-refractivity contribution in [1.29, 1.82) is 0 Å². The second-order valence-corrected chi connectivity index (χ2v) is 29.5. The number of nitrogens with zero attached hydrogens (tertiary/aromatic N) is 1. The van der Waals surface area contributed by atoms with Gasteiger partial charge >= 0.3 is 19.8 Å². The number of rotatable bonds is 74. The number of unbranched alkanes of at least 4 members (excludes halogenated alkanes) is 40. The van der Waals surface area contributed by atoms with E-state index in [1.807, 2.05) is 21.1 Å². The number of phosphoric acid groups is 1. The highest BCUT2D eigenvalue weighted by molar-refractivity contribution is 7.47. The molecule has 0 radical (unpaired) electrons. The average molecular weight is 1360 g/mol. The minimum Gasteiger partial charge on any atom is -0.462 e. The minimum absolute atomic E-state index is 0.0298. The number of phosphoric ester groups is 1. The van der Waals surface area contributed by atoms with Crippen LogP contribution in [0.4, 0.5) is 0 Å². The van der Waals surface area contributed by atoms with Crippen LogP contribution < -0.4 is 0 Å². The second kappa shape index (κ2) is 75.6. The van der Waals surface area contributed by atoms with Gasteiger partial charge in [0.1, 0.15) is 19.8 Å². The SMILES string of the molecule is CC/C=C\C/C=C\C/C=C\C/C=C\C/C=C\C/C=C\CCCCCCCCCCCCCCCCC(=O)OC(COC(=O)CCCCCCCCCCCCCCCCCCCCCCCCCCCC/C=C\C/C=C\C/C=C\C/C=C\CC)COP(=O)(O)OCC[N+](C)(C)C. The van der Waals surface area contributed by atoms with Crippen LogP contribution in [-0.2, 0) is 32.7 Å². The summed E-state index contributed by atoms with van der Waals surface area (Å²) in [7, 11) is 1.48. The Bertz CT molecular complexity index is 2040. The zero-order valence-electron chi connectivity index (χ0n) is 63.3. The Balaban J connectivity index is 3.93. The molecule has 96 heavy (non-hydrogen) atoms. The van der Waals surface area contributed by atoms with Crippen LogP contribution in [0.3, 0.4) is 0 Å². The molecular weight excluding hydrogens is 1210 g/mol. The maximum Gasteiger partial charge on any atom is 0.472 e. The quantitative estimate of drug-likeness (QED) is 0.0211. The molecule has 10 heteroatoms. The molecule has 9 nitrogen and oxygen atoms in total. The highest BCUT2D eigenvalue weighted by Gasteiger charge is 2.27. The lowest BCUT2D eigenvalue weighted by atomic mass is 10.0. The van der Waals surface area contributed by atoms with Gasteiger partial charge in [-0.05, 0) is 103 Å². The van der Waals surface area contributed by atoms with Gasteiger partial charge in [-0.2, -0.15) is 0 Å². The first-order valence-corrected chi connectivity index (χ1v) is 41.8. The molecular formula is C86H153NO8P+. The molecule has 0 aromatic heterocycles. The Morgan fingerprint density at radius 3 is 0.833 bits per heavy atom. The average Bonchev–Trinajstić information content (AvgIpc) is 1.48. The summed E-state index contributed by atoms with van der Waals surface area (Å²) in [6, 6.07) is 0. The van der Waals surface area contributed by atoms with Crippen molar-refractivity contribution in [2.75, 3.05) is 47.5 Å². The van der Waals surface area contributed by atoms with Gasteiger partial charge in [-0.25, -0.2) is 4.57 Å². The second-order valence-electron chi connectivity index (χ2n) is 28.0. The summed E-state index contributed by atoms with van der Waals surface area (Å²) in [5, 5.41) is 0. The molecule has 0 fully saturated rings. The highest BCUT2D eigenvalue weighted by atomic mass is 31.2. The Kier molecular flexibility index (Phi) is 72.8. The number of carbonyl (C=O) groups excluding carboxylic acids is 2. The number of esters is 2. The van der Waals surface area contributed by atoms with Crippen LogP contribution in [0.15, 0.2) is 122 Å². The van der Waals surface area contributed by atoms with Gasteiger partial charge in [0.05, 0.1) is 27.7 Å². The summed E-state index contributed by atoms with van der Waals surface area (Å²) in [6.07, 6.45) is 109. The topological polar surface area (TPSA) is 108 Å². The van der Waals surface area contributed by atoms with Gasteiger partial charge in [0, 0.05) is 12.8 Å². The molecule has 554 valence electrons. The third-order valence-corrected chi connectivity index (χ3v) is 18.5. The monoisotopic (exact) mass is 1360 g/mol. The standard InChI is InChI=1S/C86H152NO8P/c1-6-8-10-12-14-16-18-20-22-24-26-28-30-32-34-36-38-40-41-42-43-44-45-47-48-50-52-54-56-58-60-62-64-66-68-70-72-74-76-78-85(88)92-82-84(83-94-96(90,91)93-81-80-87(3,4)5)95-86(89)79-77-75-73-71-69-67-65-63-61-59-57-55-53-51-49-46-39-37-35-33-31-29-27-25-23-21-19-17-15-13-11-9-7-2/h8-11,14-17,20-23,26-29,33,35,39,46,84H,6-7,12-13,18-19,24-25,30-32,34,36-38,40-45,47-83H2,1-5H3/p+1/b10-8-,11-9-,16-14-,17-15-,22-20-,23-21-,28-26-,29-27-,35-33-,46-39-. The Labute approximate surface area is 594 Å². The van der Waals surface area contributed by atoms with Crippen molar-refractivity contribution in [2.24, 2.45) is 0 Å². The predicted molar refractivity (Wildman–Crippen MR) is 418 cm³/mol. The van der Waals surface area contributed by atoms with E-state index in [1.165, 1.54) is 225 Å². The molecule has 2 unspecified atom stereocenters. The fraction of sp³-hybridized carbons (Fsp3) is 0.744. The summed E-state index contributed by atoms with van der Waals surface area (Å²) in [4.78, 5) is 36.0. The van der Waals surface area contributed by atoms with Crippen molar-refractivity contribution in [1.82, 2.24) is 0 Å². The molecule has 0 rings (SSSR count). The molecule has 0 aliphatic heterocycles. The molecule has 0 saturated carbocycles. The summed E-state index contributed by atoms with van der Waals surface area (Å²) in [5.74, 6) is -0.785. The van der Waals surface area contributed by atoms with Crippen molar-refractivity contribution in [3.05, 3.63) is 122 Å². The first-order chi connectivity index (χ1) is 47.0. The highest BCUT2D eigenvalue weighted by Crippen LogP contribution is 2.43. The molecule has 0 heterocycles. The Morgan fingerprint density at radius 2 is 0.562 bits per heavy atom. The van der Waals surface area contributed by atoms with E-state index in [0.29, 0.717) is 17.4 Å². The number of quaternary nitrogens is 1. The van der Waals surface area contributed by atoms with E-state index in [9.17, 15) is 19.0 Å². The maximum atomic E-state index is 12.9. The molecule has 0 bridgehead atoms. The van der Waals surface area contributed by atoms with E-state index in [-0.39, 0.29) is 32.0 Å². The predicted octanol–water partition coefficient (Wildman–Crippen LogP) is 26.9. The third kappa shape index (κ3) is 79.4. The number of likely N-dealkylation sites (N-methyl/N-ethyl adjacent to an activating group) is 1. The Morgan fingerprint density at radius 1 is 0.323 bits per heavy atom. The van der Waals surface area contributed by atoms with E-state index in [2.05, 4.69) is 135 Å². The fourth-order valence-corrected chi connectivity index (χ4v) is 12.2. The van der Waals surface area contributed by atoms with E-state index in [0.717, 1.165) is 103 Å². The van der Waals surface area contributed by atoms with Gasteiger partial charge in [0.15, 0.2) is 6.10 Å². The van der Waals surface area contributed by atoms with Gasteiger partial charge < -0.3 is 18.9 Å². The van der Waals surface area contributed by atoms with Gasteiger partial charge in [-0.15, -0.1) is 0 Å². The molecule has 0 aliphatic rings. The smallest absolute Gasteiger partial charge is 0.462 e. The van der Waals surface area contributed by atoms with Crippen LogP contribution in [0.5, 0.6) is 0 Å². The van der Waals surface area contributed by atoms with E-state index in [1.54, 1.807) is 0 Å². The summed E-state index contributed by atoms with van der Waals surface area (Å²) in [6.45, 7) is 4.25. The molecule has 2 atom stereocenters. The van der Waals surface area contributed by atoms with Gasteiger partial charge in [0.2, 0.25) is 0 Å². The maximum absolute atomic E-state index is 12.9. The summed E-state index contributed by atoms with van der Waals surface area (Å²) >= 11 is 0. The number of hydrogen-bond donors (Lipinski definition) is 1. The van der Waals surface area contributed by atoms with Crippen molar-refractivity contribution >= 4 is 19.8 Å². The van der Waals surface area contributed by atoms with Crippen LogP contribution in [-0.4, -0.2) is 74.9 Å². The van der Waals surface area contributed by atoms with Crippen LogP contribution in [0, 0.1) is 0 Å². The van der Waals surface area contributed by atoms with Crippen molar-refractivity contribution in [2.45, 2.75) is 367 Å². The van der Waals surface area contributed by atoms with Crippen LogP contribution >= 0.6 is 7.82 Å². The number of ether oxygens (including phenoxy) is 2. The number of hydrogen-bond acceptors (Lipinski definition) is 7. The minimum atomic E-state index is -4.40. The lowest BCUT2D eigenvalue weighted by Crippen LogP contribution is -2.37. The van der Waals surface area contributed by atoms with Crippen molar-refractivity contribution < 1.29 is 42.1 Å².